The van der Waals surface area contributed by atoms with Crippen LogP contribution in [0.2, 0.25) is 0 Å². The number of fused-ring (bicyclic) bond motifs is 1. The van der Waals surface area contributed by atoms with Gasteiger partial charge in [-0.2, -0.15) is 0 Å². The molecular formula is C18H28N6O4S2. The highest BCUT2D eigenvalue weighted by molar-refractivity contribution is 7.80. The molecule has 0 aliphatic carbocycles. The lowest BCUT2D eigenvalue weighted by Gasteiger charge is -2.20. The zero-order valence-electron chi connectivity index (χ0n) is 16.8. The first-order valence-electron chi connectivity index (χ1n) is 9.95. The molecule has 1 aromatic rings. The van der Waals surface area contributed by atoms with Gasteiger partial charge in [0.05, 0.1) is 18.3 Å². The molecule has 0 fully saturated rings. The highest BCUT2D eigenvalue weighted by Crippen LogP contribution is 2.37. The number of aliphatic hydroxyl groups excluding tert-OH is 3. The van der Waals surface area contributed by atoms with Crippen molar-refractivity contribution in [3.05, 3.63) is 16.3 Å². The Hall–Kier alpha value is -2.15. The van der Waals surface area contributed by atoms with Crippen molar-refractivity contribution in [2.24, 2.45) is 0 Å². The summed E-state index contributed by atoms with van der Waals surface area (Å²) in [7, 11) is 0. The summed E-state index contributed by atoms with van der Waals surface area (Å²) < 4.78 is 5.91. The van der Waals surface area contributed by atoms with Crippen LogP contribution in [0, 0.1) is 4.64 Å². The van der Waals surface area contributed by atoms with Crippen molar-refractivity contribution in [1.82, 2.24) is 15.3 Å². The van der Waals surface area contributed by atoms with E-state index in [1.54, 1.807) is 4.90 Å². The number of anilines is 3. The largest absolute Gasteiger partial charge is 0.505 e. The monoisotopic (exact) mass is 456 g/mol. The number of aromatic amines is 1. The molecule has 1 unspecified atom stereocenters. The van der Waals surface area contributed by atoms with E-state index >= 15 is 0 Å². The Labute approximate surface area is 185 Å². The SMILES string of the molecule is CC(=S)NCCCCCCNc1nc(=S)c2c([nH]1)N(C1=C(O)C(O)[C@@H](CO)O1)CN2. The van der Waals surface area contributed by atoms with Crippen LogP contribution in [0.25, 0.3) is 0 Å². The van der Waals surface area contributed by atoms with Gasteiger partial charge in [-0.3, -0.25) is 4.90 Å². The average molecular weight is 457 g/mol. The van der Waals surface area contributed by atoms with E-state index in [1.165, 1.54) is 0 Å². The zero-order valence-corrected chi connectivity index (χ0v) is 18.4. The maximum atomic E-state index is 10.2. The maximum absolute atomic E-state index is 10.2. The number of thiocarbonyl (C=S) groups is 1. The molecule has 12 heteroatoms. The lowest BCUT2D eigenvalue weighted by Crippen LogP contribution is -2.28. The molecule has 0 spiro atoms. The minimum atomic E-state index is -1.28. The molecule has 2 aliphatic heterocycles. The minimum Gasteiger partial charge on any atom is -0.505 e. The third-order valence-electron chi connectivity index (χ3n) is 4.89. The summed E-state index contributed by atoms with van der Waals surface area (Å²) >= 11 is 10.4. The van der Waals surface area contributed by atoms with E-state index in [0.29, 0.717) is 22.1 Å². The minimum absolute atomic E-state index is 0.0794. The molecule has 166 valence electrons. The number of ether oxygens (including phenoxy) is 1. The summed E-state index contributed by atoms with van der Waals surface area (Å²) in [5, 5.41) is 39.0. The number of aromatic nitrogens is 2. The molecule has 0 bridgehead atoms. The first kappa shape index (κ1) is 22.5. The van der Waals surface area contributed by atoms with Crippen LogP contribution in [0.5, 0.6) is 0 Å². The van der Waals surface area contributed by atoms with Crippen LogP contribution in [0.3, 0.4) is 0 Å². The molecular weight excluding hydrogens is 428 g/mol. The van der Waals surface area contributed by atoms with Gasteiger partial charge < -0.3 is 41.0 Å². The summed E-state index contributed by atoms with van der Waals surface area (Å²) in [6.07, 6.45) is 2.07. The fraction of sp³-hybridized carbons (Fsp3) is 0.611. The van der Waals surface area contributed by atoms with Crippen molar-refractivity contribution in [3.63, 3.8) is 0 Å². The molecule has 0 saturated carbocycles. The molecule has 3 rings (SSSR count). The molecule has 0 saturated heterocycles. The van der Waals surface area contributed by atoms with Crippen LogP contribution >= 0.6 is 24.4 Å². The van der Waals surface area contributed by atoms with Crippen LogP contribution in [-0.4, -0.2) is 68.8 Å². The molecule has 2 atom stereocenters. The van der Waals surface area contributed by atoms with Crippen molar-refractivity contribution in [3.8, 4) is 0 Å². The summed E-state index contributed by atoms with van der Waals surface area (Å²) in [4.78, 5) is 9.98. The summed E-state index contributed by atoms with van der Waals surface area (Å²) in [6.45, 7) is 3.39. The second-order valence-corrected chi connectivity index (χ2v) is 8.17. The smallest absolute Gasteiger partial charge is 0.239 e. The average Bonchev–Trinajstić information content (AvgIpc) is 3.25. The molecule has 30 heavy (non-hydrogen) atoms. The lowest BCUT2D eigenvalue weighted by atomic mass is 10.2. The van der Waals surface area contributed by atoms with Gasteiger partial charge in [0.15, 0.2) is 22.6 Å². The molecule has 2 aliphatic rings. The quantitative estimate of drug-likeness (QED) is 0.205. The fourth-order valence-electron chi connectivity index (χ4n) is 3.30. The van der Waals surface area contributed by atoms with Gasteiger partial charge in [-0.05, 0) is 19.8 Å². The van der Waals surface area contributed by atoms with Crippen LogP contribution < -0.4 is 20.9 Å². The Morgan fingerprint density at radius 1 is 1.30 bits per heavy atom. The first-order valence-corrected chi connectivity index (χ1v) is 10.8. The number of nitrogens with one attached hydrogen (secondary N) is 4. The van der Waals surface area contributed by atoms with E-state index in [9.17, 15) is 15.3 Å². The standard InChI is InChI=1S/C18H28N6O4S2/c1-10(29)19-6-4-2-3-5-7-20-18-22-15-12(16(30)23-18)21-9-24(15)17-14(27)13(26)11(8-25)28-17/h11,13,21,25-27H,2-9H2,1H3,(H,19,29)(H2,20,22,23,30)/t11-,13?/m1/s1. The molecule has 7 N–H and O–H groups in total. The Balaban J connectivity index is 1.57. The van der Waals surface area contributed by atoms with Gasteiger partial charge in [0.1, 0.15) is 11.5 Å². The van der Waals surface area contributed by atoms with Crippen LogP contribution in [0.15, 0.2) is 11.6 Å². The second-order valence-electron chi connectivity index (χ2n) is 7.18. The fourth-order valence-corrected chi connectivity index (χ4v) is 3.66. The predicted octanol–water partition coefficient (Wildman–Crippen LogP) is 1.72. The van der Waals surface area contributed by atoms with E-state index in [0.717, 1.165) is 43.8 Å². The topological polar surface area (TPSA) is 138 Å². The van der Waals surface area contributed by atoms with Gasteiger partial charge in [-0.25, -0.2) is 4.98 Å². The predicted molar refractivity (Wildman–Crippen MR) is 121 cm³/mol. The number of nitrogens with zero attached hydrogens (tertiary/aromatic N) is 2. The Kier molecular flexibility index (Phi) is 7.69. The van der Waals surface area contributed by atoms with Crippen molar-refractivity contribution >= 4 is 46.9 Å². The Morgan fingerprint density at radius 3 is 2.70 bits per heavy atom. The highest BCUT2D eigenvalue weighted by atomic mass is 32.1. The van der Waals surface area contributed by atoms with Crippen LogP contribution in [0.1, 0.15) is 32.6 Å². The molecule has 10 nitrogen and oxygen atoms in total. The summed E-state index contributed by atoms with van der Waals surface area (Å²) in [5.41, 5.74) is 0.614. The van der Waals surface area contributed by atoms with Gasteiger partial charge in [0, 0.05) is 13.1 Å². The van der Waals surface area contributed by atoms with Crippen molar-refractivity contribution in [2.75, 3.05) is 41.9 Å². The highest BCUT2D eigenvalue weighted by Gasteiger charge is 2.40. The van der Waals surface area contributed by atoms with E-state index in [1.807, 2.05) is 6.92 Å². The van der Waals surface area contributed by atoms with Crippen LogP contribution in [0.4, 0.5) is 17.5 Å². The molecule has 0 radical (unpaired) electrons. The number of hydrogen-bond donors (Lipinski definition) is 7. The van der Waals surface area contributed by atoms with Gasteiger partial charge in [-0.1, -0.05) is 37.3 Å². The van der Waals surface area contributed by atoms with Crippen molar-refractivity contribution < 1.29 is 20.1 Å². The van der Waals surface area contributed by atoms with E-state index in [4.69, 9.17) is 29.2 Å². The van der Waals surface area contributed by atoms with Gasteiger partial charge in [0.25, 0.3) is 0 Å². The number of unbranched alkanes of at least 4 members (excludes halogenated alkanes) is 3. The number of hydrogen-bond acceptors (Lipinski definition) is 10. The lowest BCUT2D eigenvalue weighted by molar-refractivity contribution is 0.00287. The normalized spacial score (nSPS) is 20.0. The Bertz CT molecular complexity index is 862. The van der Waals surface area contributed by atoms with Crippen molar-refractivity contribution in [1.29, 1.82) is 0 Å². The van der Waals surface area contributed by atoms with Gasteiger partial charge in [-0.15, -0.1) is 0 Å². The maximum Gasteiger partial charge on any atom is 0.239 e. The van der Waals surface area contributed by atoms with E-state index < -0.39 is 18.8 Å². The third-order valence-corrected chi connectivity index (χ3v) is 5.33. The Morgan fingerprint density at radius 2 is 2.03 bits per heavy atom. The number of rotatable bonds is 10. The molecule has 0 aromatic carbocycles. The third kappa shape index (κ3) is 5.12. The molecule has 0 amide bonds. The number of H-pyrrole nitrogens is 1. The van der Waals surface area contributed by atoms with E-state index in [2.05, 4.69) is 25.9 Å². The first-order chi connectivity index (χ1) is 14.4. The number of aliphatic hydroxyl groups is 3. The second kappa shape index (κ2) is 10.2. The van der Waals surface area contributed by atoms with Crippen molar-refractivity contribution in [2.45, 2.75) is 44.8 Å². The summed E-state index contributed by atoms with van der Waals surface area (Å²) in [5.74, 6) is 0.845. The molecule has 3 heterocycles. The van der Waals surface area contributed by atoms with Crippen LogP contribution in [-0.2, 0) is 4.74 Å². The zero-order chi connectivity index (χ0) is 21.7. The summed E-state index contributed by atoms with van der Waals surface area (Å²) in [6, 6.07) is 0. The van der Waals surface area contributed by atoms with Gasteiger partial charge in [0.2, 0.25) is 11.8 Å². The van der Waals surface area contributed by atoms with Gasteiger partial charge >= 0.3 is 0 Å². The van der Waals surface area contributed by atoms with E-state index in [-0.39, 0.29) is 18.3 Å². The molecule has 1 aromatic heterocycles.